The van der Waals surface area contributed by atoms with Gasteiger partial charge in [-0.1, -0.05) is 0 Å². The van der Waals surface area contributed by atoms with Gasteiger partial charge in [0.1, 0.15) is 0 Å². The third kappa shape index (κ3) is 2670. The summed E-state index contributed by atoms with van der Waals surface area (Å²) in [4.78, 5) is 0. The first-order chi connectivity index (χ1) is 11.9. The van der Waals surface area contributed by atoms with Gasteiger partial charge in [0.15, 0.2) is 0 Å². The van der Waals surface area contributed by atoms with Gasteiger partial charge in [-0.25, -0.2) is 0 Å². The molecule has 0 unspecified atom stereocenters. The molecule has 25 heavy (non-hydrogen) atoms. The van der Waals surface area contributed by atoms with Gasteiger partial charge in [-0.3, -0.25) is 0 Å². The highest BCUT2D eigenvalue weighted by molar-refractivity contribution is 4.24. The Bertz CT molecular complexity index is 66.8. The van der Waals surface area contributed by atoms with Crippen LogP contribution in [0.1, 0.15) is 0 Å². The lowest BCUT2D eigenvalue weighted by molar-refractivity contribution is 0.186. The van der Waals surface area contributed by atoms with Crippen molar-refractivity contribution in [3.8, 4) is 0 Å². The summed E-state index contributed by atoms with van der Waals surface area (Å²) in [6.07, 6.45) is 0. The van der Waals surface area contributed by atoms with Crippen LogP contribution in [0.15, 0.2) is 132 Å². The largest absolute Gasteiger partial charge is 0.394 e. The summed E-state index contributed by atoms with van der Waals surface area (Å²) in [6, 6.07) is 0. The fraction of sp³-hybridized carbons (Fsp3) is 0.0909. The van der Waals surface area contributed by atoms with Crippen molar-refractivity contribution in [2.24, 2.45) is 0 Å². The van der Waals surface area contributed by atoms with Crippen LogP contribution >= 0.6 is 0 Å². The van der Waals surface area contributed by atoms with Gasteiger partial charge in [0, 0.05) is 0 Å². The summed E-state index contributed by atoms with van der Waals surface area (Å²) in [7, 11) is 0. The van der Waals surface area contributed by atoms with Gasteiger partial charge in [-0.2, -0.15) is 0 Å². The molecule has 5 N–H and O–H groups in total. The lowest BCUT2D eigenvalue weighted by Gasteiger charge is -1.70. The van der Waals surface area contributed by atoms with E-state index in [0.717, 1.165) is 0 Å². The first kappa shape index (κ1) is 95.5. The van der Waals surface area contributed by atoms with Gasteiger partial charge >= 0.3 is 0 Å². The highest BCUT2D eigenvalue weighted by atomic mass is 16.3. The Kier molecular flexibility index (Phi) is 64500. The second kappa shape index (κ2) is 16900. The molecular weight excluding hydrogens is 310 g/mol. The molecule has 0 aliphatic heterocycles. The maximum atomic E-state index is 7.62. The van der Waals surface area contributed by atoms with Crippen molar-refractivity contribution >= 4 is 0 Å². The van der Waals surface area contributed by atoms with Crippen LogP contribution in [0.3, 0.4) is 0 Å². The quantitative estimate of drug-likeness (QED) is 0.435. The highest BCUT2D eigenvalue weighted by Gasteiger charge is 1.58. The summed E-state index contributed by atoms with van der Waals surface area (Å²) >= 11 is 0. The Balaban J connectivity index is -0.00000000751. The van der Waals surface area contributed by atoms with Crippen LogP contribution in [-0.4, -0.2) is 23.4 Å². The molecule has 0 aromatic heterocycles. The van der Waals surface area contributed by atoms with Gasteiger partial charge in [-0.05, 0) is 0 Å². The smallest absolute Gasteiger partial charge is 0.0662 e. The van der Waals surface area contributed by atoms with Crippen LogP contribution in [0.5, 0.6) is 0 Å². The molecule has 0 rings (SSSR count). The van der Waals surface area contributed by atoms with E-state index >= 15 is 0 Å². The van der Waals surface area contributed by atoms with Crippen molar-refractivity contribution in [1.82, 2.24) is 6.15 Å². The van der Waals surface area contributed by atoms with Crippen molar-refractivity contribution in [2.75, 3.05) is 13.2 Å². The van der Waals surface area contributed by atoms with E-state index in [0.29, 0.717) is 0 Å². The molecule has 0 radical (unpaired) electrons. The number of rotatable bonds is 1. The molecule has 0 aliphatic carbocycles. The van der Waals surface area contributed by atoms with E-state index in [1.165, 1.54) is 0 Å². The van der Waals surface area contributed by atoms with Gasteiger partial charge in [0.25, 0.3) is 0 Å². The molecule has 0 spiro atoms. The van der Waals surface area contributed by atoms with Gasteiger partial charge in [0.05, 0.1) is 13.2 Å². The summed E-state index contributed by atoms with van der Waals surface area (Å²) < 4.78 is 0. The van der Waals surface area contributed by atoms with E-state index in [1.807, 2.05) is 0 Å². The Morgan fingerprint density at radius 3 is 0.320 bits per heavy atom. The number of hydrogen-bond acceptors (Lipinski definition) is 3. The summed E-state index contributed by atoms with van der Waals surface area (Å²) in [5, 5.41) is 15.2. The Morgan fingerprint density at radius 2 is 0.320 bits per heavy atom. The molecule has 0 heterocycles. The minimum absolute atomic E-state index is 0. The number of aliphatic hydroxyl groups is 2. The maximum absolute atomic E-state index is 7.62. The van der Waals surface area contributed by atoms with E-state index in [9.17, 15) is 0 Å². The second-order valence-corrected chi connectivity index (χ2v) is 0.447. The zero-order valence-corrected chi connectivity index (χ0v) is 17.2. The van der Waals surface area contributed by atoms with Crippen molar-refractivity contribution in [1.29, 1.82) is 0 Å². The SMILES string of the molecule is C=C.C=C.C=C.C=C.C=C.C=C.C=C.C=C.C=C.C=C.N.OCCO. The van der Waals surface area contributed by atoms with E-state index in [1.54, 1.807) is 0 Å². The van der Waals surface area contributed by atoms with E-state index in [-0.39, 0.29) is 19.4 Å². The van der Waals surface area contributed by atoms with Crippen molar-refractivity contribution in [2.45, 2.75) is 0 Å². The zero-order chi connectivity index (χ0) is 23.4. The van der Waals surface area contributed by atoms with E-state index in [4.69, 9.17) is 10.2 Å². The second-order valence-electron chi connectivity index (χ2n) is 0.447. The first-order valence-electron chi connectivity index (χ1n) is 6.13. The van der Waals surface area contributed by atoms with Crippen LogP contribution in [0.25, 0.3) is 0 Å². The third-order valence-electron chi connectivity index (χ3n) is 0.1000. The van der Waals surface area contributed by atoms with Crippen LogP contribution in [0, 0.1) is 0 Å². The topological polar surface area (TPSA) is 75.5 Å². The van der Waals surface area contributed by atoms with Crippen LogP contribution in [0.4, 0.5) is 0 Å². The molecule has 0 amide bonds. The molecule has 0 aromatic carbocycles. The molecule has 0 saturated heterocycles. The Labute approximate surface area is 161 Å². The van der Waals surface area contributed by atoms with Gasteiger partial charge in [0.2, 0.25) is 0 Å². The lowest BCUT2D eigenvalue weighted by Crippen LogP contribution is -1.85. The average Bonchev–Trinajstić information content (AvgIpc) is 2.81. The monoisotopic (exact) mass is 359 g/mol. The molecule has 3 nitrogen and oxygen atoms in total. The minimum atomic E-state index is -0.125. The minimum Gasteiger partial charge on any atom is -0.394 e. The molecule has 0 bridgehead atoms. The summed E-state index contributed by atoms with van der Waals surface area (Å²) in [5.74, 6) is 0. The first-order valence-corrected chi connectivity index (χ1v) is 6.13. The molecule has 0 saturated carbocycles. The molecule has 0 aliphatic rings. The number of aliphatic hydroxyl groups excluding tert-OH is 2. The summed E-state index contributed by atoms with van der Waals surface area (Å²) in [6.45, 7) is 59.8. The predicted octanol–water partition coefficient (Wildman–Crippen LogP) is 7.16. The fourth-order valence-corrected chi connectivity index (χ4v) is 0. The third-order valence-corrected chi connectivity index (χ3v) is 0.1000. The van der Waals surface area contributed by atoms with Crippen LogP contribution in [-0.2, 0) is 0 Å². The molecule has 154 valence electrons. The Hall–Kier alpha value is -2.72. The zero-order valence-electron chi connectivity index (χ0n) is 17.2. The van der Waals surface area contributed by atoms with Crippen molar-refractivity contribution < 1.29 is 10.2 Å². The summed E-state index contributed by atoms with van der Waals surface area (Å²) in [5.41, 5.74) is 0. The maximum Gasteiger partial charge on any atom is 0.0662 e. The van der Waals surface area contributed by atoms with Gasteiger partial charge < -0.3 is 16.4 Å². The average molecular weight is 360 g/mol. The van der Waals surface area contributed by atoms with Crippen LogP contribution < -0.4 is 6.15 Å². The molecule has 0 atom stereocenters. The standard InChI is InChI=1S/C2H6O2.10C2H4.H3N/c3-1-2-4;10*1-2;/h3-4H,1-2H2;10*1-2H2;1H3. The normalized spacial score (nSPS) is 2.80. The van der Waals surface area contributed by atoms with Crippen molar-refractivity contribution in [3.05, 3.63) is 132 Å². The fourth-order valence-electron chi connectivity index (χ4n) is 0. The molecular formula is C22H49NO2. The van der Waals surface area contributed by atoms with Crippen molar-refractivity contribution in [3.63, 3.8) is 0 Å². The van der Waals surface area contributed by atoms with E-state index in [2.05, 4.69) is 132 Å². The lowest BCUT2D eigenvalue weighted by atomic mass is 10.8. The van der Waals surface area contributed by atoms with Crippen LogP contribution in [0.2, 0.25) is 0 Å². The number of hydrogen-bond donors (Lipinski definition) is 3. The van der Waals surface area contributed by atoms with Gasteiger partial charge in [-0.15, -0.1) is 132 Å². The molecule has 0 aromatic rings. The molecule has 3 heteroatoms. The Morgan fingerprint density at radius 1 is 0.280 bits per heavy atom. The molecule has 0 fully saturated rings. The predicted molar refractivity (Wildman–Crippen MR) is 132 cm³/mol. The highest BCUT2D eigenvalue weighted by Crippen LogP contribution is 1.39. The van der Waals surface area contributed by atoms with E-state index < -0.39 is 0 Å².